The van der Waals surface area contributed by atoms with E-state index in [-0.39, 0.29) is 0 Å². The highest BCUT2D eigenvalue weighted by Gasteiger charge is 2.29. The Morgan fingerprint density at radius 1 is 1.26 bits per heavy atom. The Bertz CT molecular complexity index is 402. The van der Waals surface area contributed by atoms with E-state index in [4.69, 9.17) is 10.5 Å². The molecule has 5 nitrogen and oxygen atoms in total. The molecule has 5 heteroatoms. The average Bonchev–Trinajstić information content (AvgIpc) is 2.98. The summed E-state index contributed by atoms with van der Waals surface area (Å²) in [6, 6.07) is 4.81. The third-order valence-electron chi connectivity index (χ3n) is 4.09. The molecule has 2 fully saturated rings. The fraction of sp³-hybridized carbons (Fsp3) is 0.643. The fourth-order valence-electron chi connectivity index (χ4n) is 2.92. The molecule has 1 aromatic heterocycles. The molecule has 0 radical (unpaired) electrons. The van der Waals surface area contributed by atoms with Gasteiger partial charge in [0.25, 0.3) is 0 Å². The second-order valence-corrected chi connectivity index (χ2v) is 5.27. The van der Waals surface area contributed by atoms with E-state index in [0.29, 0.717) is 12.6 Å². The van der Waals surface area contributed by atoms with Crippen LogP contribution in [-0.4, -0.2) is 55.3 Å². The summed E-state index contributed by atoms with van der Waals surface area (Å²) >= 11 is 0. The molecule has 1 aromatic rings. The lowest BCUT2D eigenvalue weighted by atomic mass is 10.2. The highest BCUT2D eigenvalue weighted by atomic mass is 16.5. The lowest BCUT2D eigenvalue weighted by Gasteiger charge is -2.32. The molecule has 0 amide bonds. The van der Waals surface area contributed by atoms with E-state index in [2.05, 4.69) is 26.9 Å². The number of ether oxygens (including phenoxy) is 1. The molecule has 2 saturated heterocycles. The molecule has 0 spiro atoms. The van der Waals surface area contributed by atoms with Crippen molar-refractivity contribution in [3.63, 3.8) is 0 Å². The number of nitrogens with zero attached hydrogens (tertiary/aromatic N) is 3. The van der Waals surface area contributed by atoms with Crippen molar-refractivity contribution in [2.24, 2.45) is 5.73 Å². The quantitative estimate of drug-likeness (QED) is 0.857. The SMILES string of the molecule is NCc1ccc(N2CCC(N3CCOCC3)C2)nc1. The molecule has 19 heavy (non-hydrogen) atoms. The van der Waals surface area contributed by atoms with Crippen LogP contribution in [0.25, 0.3) is 0 Å². The van der Waals surface area contributed by atoms with Crippen LogP contribution in [0.3, 0.4) is 0 Å². The van der Waals surface area contributed by atoms with E-state index in [9.17, 15) is 0 Å². The van der Waals surface area contributed by atoms with Crippen LogP contribution >= 0.6 is 0 Å². The Labute approximate surface area is 114 Å². The molecular formula is C14H22N4O. The summed E-state index contributed by atoms with van der Waals surface area (Å²) < 4.78 is 5.42. The van der Waals surface area contributed by atoms with Crippen LogP contribution in [0.1, 0.15) is 12.0 Å². The zero-order valence-electron chi connectivity index (χ0n) is 11.3. The first-order chi connectivity index (χ1) is 9.36. The number of hydrogen-bond acceptors (Lipinski definition) is 5. The molecule has 0 bridgehead atoms. The first-order valence-corrected chi connectivity index (χ1v) is 7.08. The number of pyridine rings is 1. The number of hydrogen-bond donors (Lipinski definition) is 1. The van der Waals surface area contributed by atoms with Gasteiger partial charge in [-0.15, -0.1) is 0 Å². The number of nitrogens with two attached hydrogens (primary N) is 1. The van der Waals surface area contributed by atoms with Crippen LogP contribution in [0.15, 0.2) is 18.3 Å². The van der Waals surface area contributed by atoms with Crippen LogP contribution < -0.4 is 10.6 Å². The molecule has 2 aliphatic heterocycles. The third-order valence-corrected chi connectivity index (χ3v) is 4.09. The topological polar surface area (TPSA) is 54.6 Å². The van der Waals surface area contributed by atoms with E-state index in [0.717, 1.165) is 50.8 Å². The molecular weight excluding hydrogens is 240 g/mol. The van der Waals surface area contributed by atoms with Gasteiger partial charge in [0, 0.05) is 45.0 Å². The van der Waals surface area contributed by atoms with Gasteiger partial charge >= 0.3 is 0 Å². The van der Waals surface area contributed by atoms with Crippen molar-refractivity contribution in [2.45, 2.75) is 19.0 Å². The van der Waals surface area contributed by atoms with E-state index in [1.54, 1.807) is 0 Å². The number of morpholine rings is 1. The van der Waals surface area contributed by atoms with Crippen LogP contribution in [0, 0.1) is 0 Å². The minimum atomic E-state index is 0.559. The lowest BCUT2D eigenvalue weighted by Crippen LogP contribution is -2.44. The van der Waals surface area contributed by atoms with Crippen molar-refractivity contribution in [1.29, 1.82) is 0 Å². The van der Waals surface area contributed by atoms with Crippen LogP contribution in [0.2, 0.25) is 0 Å². The Kier molecular flexibility index (Phi) is 3.96. The molecule has 3 rings (SSSR count). The lowest BCUT2D eigenvalue weighted by molar-refractivity contribution is 0.0209. The van der Waals surface area contributed by atoms with Gasteiger partial charge in [-0.25, -0.2) is 4.98 Å². The van der Waals surface area contributed by atoms with Crippen molar-refractivity contribution in [2.75, 3.05) is 44.3 Å². The predicted octanol–water partition coefficient (Wildman–Crippen LogP) is 0.451. The minimum absolute atomic E-state index is 0.559. The van der Waals surface area contributed by atoms with Gasteiger partial charge in [-0.05, 0) is 18.1 Å². The largest absolute Gasteiger partial charge is 0.379 e. The van der Waals surface area contributed by atoms with Crippen molar-refractivity contribution in [1.82, 2.24) is 9.88 Å². The molecule has 1 unspecified atom stereocenters. The second kappa shape index (κ2) is 5.86. The fourth-order valence-corrected chi connectivity index (χ4v) is 2.92. The number of aromatic nitrogens is 1. The van der Waals surface area contributed by atoms with Crippen LogP contribution in [0.5, 0.6) is 0 Å². The van der Waals surface area contributed by atoms with Gasteiger partial charge in [-0.2, -0.15) is 0 Å². The zero-order chi connectivity index (χ0) is 13.1. The standard InChI is InChI=1S/C14H22N4O/c15-9-12-1-2-14(16-10-12)18-4-3-13(11-18)17-5-7-19-8-6-17/h1-2,10,13H,3-9,11,15H2. The molecule has 2 aliphatic rings. The summed E-state index contributed by atoms with van der Waals surface area (Å²) in [5, 5.41) is 0. The van der Waals surface area contributed by atoms with E-state index >= 15 is 0 Å². The predicted molar refractivity (Wildman–Crippen MR) is 75.1 cm³/mol. The summed E-state index contributed by atoms with van der Waals surface area (Å²) in [6.45, 7) is 6.62. The first-order valence-electron chi connectivity index (χ1n) is 7.08. The molecule has 0 aliphatic carbocycles. The van der Waals surface area contributed by atoms with Crippen molar-refractivity contribution in [3.8, 4) is 0 Å². The third kappa shape index (κ3) is 2.88. The smallest absolute Gasteiger partial charge is 0.128 e. The summed E-state index contributed by atoms with van der Waals surface area (Å²) in [5.41, 5.74) is 6.69. The Balaban J connectivity index is 1.61. The maximum Gasteiger partial charge on any atom is 0.128 e. The van der Waals surface area contributed by atoms with Crippen molar-refractivity contribution in [3.05, 3.63) is 23.9 Å². The van der Waals surface area contributed by atoms with Gasteiger partial charge < -0.3 is 15.4 Å². The molecule has 0 aromatic carbocycles. The van der Waals surface area contributed by atoms with Crippen molar-refractivity contribution < 1.29 is 4.74 Å². The maximum absolute atomic E-state index is 5.60. The molecule has 0 saturated carbocycles. The number of rotatable bonds is 3. The highest BCUT2D eigenvalue weighted by molar-refractivity contribution is 5.41. The van der Waals surface area contributed by atoms with Gasteiger partial charge in [0.2, 0.25) is 0 Å². The van der Waals surface area contributed by atoms with Crippen molar-refractivity contribution >= 4 is 5.82 Å². The molecule has 2 N–H and O–H groups in total. The van der Waals surface area contributed by atoms with Gasteiger partial charge in [-0.3, -0.25) is 4.90 Å². The minimum Gasteiger partial charge on any atom is -0.379 e. The second-order valence-electron chi connectivity index (χ2n) is 5.27. The maximum atomic E-state index is 5.60. The van der Waals surface area contributed by atoms with Crippen LogP contribution in [0.4, 0.5) is 5.82 Å². The van der Waals surface area contributed by atoms with E-state index in [1.165, 1.54) is 6.42 Å². The highest BCUT2D eigenvalue weighted by Crippen LogP contribution is 2.22. The summed E-state index contributed by atoms with van der Waals surface area (Å²) in [6.07, 6.45) is 3.11. The van der Waals surface area contributed by atoms with E-state index in [1.807, 2.05) is 6.20 Å². The Morgan fingerprint density at radius 2 is 2.11 bits per heavy atom. The monoisotopic (exact) mass is 262 g/mol. The van der Waals surface area contributed by atoms with Gasteiger partial charge in [0.05, 0.1) is 13.2 Å². The Hall–Kier alpha value is -1.17. The average molecular weight is 262 g/mol. The normalized spacial score (nSPS) is 24.9. The Morgan fingerprint density at radius 3 is 2.79 bits per heavy atom. The molecule has 3 heterocycles. The van der Waals surface area contributed by atoms with E-state index < -0.39 is 0 Å². The zero-order valence-corrected chi connectivity index (χ0v) is 11.3. The summed E-state index contributed by atoms with van der Waals surface area (Å²) in [5.74, 6) is 1.08. The van der Waals surface area contributed by atoms with Crippen LogP contribution in [-0.2, 0) is 11.3 Å². The van der Waals surface area contributed by atoms with Gasteiger partial charge in [-0.1, -0.05) is 6.07 Å². The van der Waals surface area contributed by atoms with Gasteiger partial charge in [0.15, 0.2) is 0 Å². The number of anilines is 1. The molecule has 104 valence electrons. The molecule has 1 atom stereocenters. The summed E-state index contributed by atoms with van der Waals surface area (Å²) in [7, 11) is 0. The van der Waals surface area contributed by atoms with Gasteiger partial charge in [0.1, 0.15) is 5.82 Å². The first kappa shape index (κ1) is 12.8. The summed E-state index contributed by atoms with van der Waals surface area (Å²) in [4.78, 5) is 9.44.